The molecule has 1 heteroatoms. The van der Waals surface area contributed by atoms with Crippen molar-refractivity contribution in [3.8, 4) is 0 Å². The van der Waals surface area contributed by atoms with Gasteiger partial charge < -0.3 is 4.74 Å². The lowest BCUT2D eigenvalue weighted by Gasteiger charge is -2.14. The van der Waals surface area contributed by atoms with E-state index in [1.807, 2.05) is 12.1 Å². The molecule has 1 aromatic carbocycles. The largest absolute Gasteiger partial charge is 0.369 e. The first-order chi connectivity index (χ1) is 10.9. The number of unbranched alkanes of at least 4 members (excludes halogenated alkanes) is 8. The third kappa shape index (κ3) is 9.78. The summed E-state index contributed by atoms with van der Waals surface area (Å²) in [5, 5.41) is 0. The van der Waals surface area contributed by atoms with Gasteiger partial charge in [0.25, 0.3) is 0 Å². The molecule has 0 amide bonds. The average molecular weight is 303 g/mol. The van der Waals surface area contributed by atoms with E-state index in [2.05, 4.69) is 37.8 Å². The molecule has 0 N–H and O–H groups in total. The normalized spacial score (nSPS) is 12.2. The van der Waals surface area contributed by atoms with Crippen LogP contribution < -0.4 is 0 Å². The monoisotopic (exact) mass is 302 g/mol. The number of benzene rings is 1. The SMILES string of the molecule is C=CC(CCCCCCCCCCC)OCc1ccccc1. The molecule has 1 nitrogen and oxygen atoms in total. The van der Waals surface area contributed by atoms with E-state index in [1.165, 1.54) is 63.4 Å². The standard InChI is InChI=1S/C21H34O/c1-3-5-6-7-8-9-10-11-15-18-21(4-2)22-19-20-16-13-12-14-17-20/h4,12-14,16-17,21H,2-3,5-11,15,18-19H2,1H3. The Kier molecular flexibility index (Phi) is 11.7. The number of ether oxygens (including phenoxy) is 1. The van der Waals surface area contributed by atoms with Crippen LogP contribution in [-0.4, -0.2) is 6.10 Å². The summed E-state index contributed by atoms with van der Waals surface area (Å²) >= 11 is 0. The molecule has 0 aromatic heterocycles. The minimum atomic E-state index is 0.199. The molecule has 22 heavy (non-hydrogen) atoms. The molecular formula is C21H34O. The molecule has 0 spiro atoms. The molecule has 0 bridgehead atoms. The molecule has 1 aromatic rings. The molecular weight excluding hydrogens is 268 g/mol. The summed E-state index contributed by atoms with van der Waals surface area (Å²) in [5.41, 5.74) is 1.24. The summed E-state index contributed by atoms with van der Waals surface area (Å²) in [4.78, 5) is 0. The fourth-order valence-electron chi connectivity index (χ4n) is 2.70. The molecule has 0 radical (unpaired) electrons. The molecule has 0 aliphatic heterocycles. The van der Waals surface area contributed by atoms with Crippen LogP contribution in [0.15, 0.2) is 43.0 Å². The number of rotatable bonds is 14. The molecule has 1 unspecified atom stereocenters. The Morgan fingerprint density at radius 1 is 0.909 bits per heavy atom. The van der Waals surface area contributed by atoms with Crippen molar-refractivity contribution < 1.29 is 4.74 Å². The van der Waals surface area contributed by atoms with Crippen LogP contribution in [0.25, 0.3) is 0 Å². The predicted molar refractivity (Wildman–Crippen MR) is 97.1 cm³/mol. The van der Waals surface area contributed by atoms with Crippen LogP contribution >= 0.6 is 0 Å². The lowest BCUT2D eigenvalue weighted by atomic mass is 10.1. The van der Waals surface area contributed by atoms with E-state index in [9.17, 15) is 0 Å². The van der Waals surface area contributed by atoms with Gasteiger partial charge in [-0.2, -0.15) is 0 Å². The third-order valence-corrected chi connectivity index (χ3v) is 4.16. The van der Waals surface area contributed by atoms with Crippen LogP contribution in [0.3, 0.4) is 0 Å². The van der Waals surface area contributed by atoms with Crippen molar-refractivity contribution in [3.05, 3.63) is 48.6 Å². The first-order valence-corrected chi connectivity index (χ1v) is 9.15. The van der Waals surface area contributed by atoms with Crippen molar-refractivity contribution in [2.45, 2.75) is 83.8 Å². The van der Waals surface area contributed by atoms with Gasteiger partial charge in [-0.25, -0.2) is 0 Å². The van der Waals surface area contributed by atoms with Gasteiger partial charge in [0, 0.05) is 0 Å². The first kappa shape index (κ1) is 19.0. The highest BCUT2D eigenvalue weighted by molar-refractivity contribution is 5.13. The molecule has 0 saturated heterocycles. The van der Waals surface area contributed by atoms with Crippen LogP contribution in [-0.2, 0) is 11.3 Å². The summed E-state index contributed by atoms with van der Waals surface area (Å²) in [5.74, 6) is 0. The van der Waals surface area contributed by atoms with E-state index in [4.69, 9.17) is 4.74 Å². The van der Waals surface area contributed by atoms with Crippen LogP contribution in [0, 0.1) is 0 Å². The van der Waals surface area contributed by atoms with Crippen LogP contribution in [0.1, 0.15) is 76.7 Å². The summed E-state index contributed by atoms with van der Waals surface area (Å²) in [6, 6.07) is 10.4. The maximum Gasteiger partial charge on any atom is 0.0757 e. The molecule has 0 saturated carbocycles. The minimum Gasteiger partial charge on any atom is -0.369 e. The Labute approximate surface area is 137 Å². The van der Waals surface area contributed by atoms with E-state index in [-0.39, 0.29) is 6.10 Å². The fraction of sp³-hybridized carbons (Fsp3) is 0.619. The zero-order valence-electron chi connectivity index (χ0n) is 14.4. The van der Waals surface area contributed by atoms with Gasteiger partial charge in [-0.3, -0.25) is 0 Å². The van der Waals surface area contributed by atoms with Crippen molar-refractivity contribution in [1.29, 1.82) is 0 Å². The molecule has 0 aliphatic carbocycles. The van der Waals surface area contributed by atoms with E-state index in [0.29, 0.717) is 6.61 Å². The first-order valence-electron chi connectivity index (χ1n) is 9.15. The Morgan fingerprint density at radius 2 is 1.50 bits per heavy atom. The highest BCUT2D eigenvalue weighted by atomic mass is 16.5. The van der Waals surface area contributed by atoms with Gasteiger partial charge in [0.2, 0.25) is 0 Å². The Bertz CT molecular complexity index is 357. The Balaban J connectivity index is 1.98. The predicted octanol–water partition coefficient (Wildman–Crippen LogP) is 6.68. The van der Waals surface area contributed by atoms with Crippen molar-refractivity contribution in [3.63, 3.8) is 0 Å². The van der Waals surface area contributed by atoms with Gasteiger partial charge in [0.1, 0.15) is 0 Å². The Hall–Kier alpha value is -1.08. The molecule has 1 rings (SSSR count). The second-order valence-electron chi connectivity index (χ2n) is 6.19. The fourth-order valence-corrected chi connectivity index (χ4v) is 2.70. The zero-order valence-corrected chi connectivity index (χ0v) is 14.4. The van der Waals surface area contributed by atoms with Gasteiger partial charge in [0.05, 0.1) is 12.7 Å². The van der Waals surface area contributed by atoms with E-state index in [1.54, 1.807) is 0 Å². The van der Waals surface area contributed by atoms with Crippen molar-refractivity contribution >= 4 is 0 Å². The molecule has 1 atom stereocenters. The van der Waals surface area contributed by atoms with Gasteiger partial charge in [-0.1, -0.05) is 101 Å². The number of hydrogen-bond acceptors (Lipinski definition) is 1. The third-order valence-electron chi connectivity index (χ3n) is 4.16. The van der Waals surface area contributed by atoms with E-state index >= 15 is 0 Å². The number of hydrogen-bond donors (Lipinski definition) is 0. The van der Waals surface area contributed by atoms with E-state index in [0.717, 1.165) is 6.42 Å². The van der Waals surface area contributed by atoms with Crippen molar-refractivity contribution in [1.82, 2.24) is 0 Å². The summed E-state index contributed by atoms with van der Waals surface area (Å²) < 4.78 is 5.93. The van der Waals surface area contributed by atoms with Gasteiger partial charge in [-0.15, -0.1) is 6.58 Å². The van der Waals surface area contributed by atoms with Crippen LogP contribution in [0.2, 0.25) is 0 Å². The van der Waals surface area contributed by atoms with Gasteiger partial charge >= 0.3 is 0 Å². The maximum atomic E-state index is 5.93. The second-order valence-corrected chi connectivity index (χ2v) is 6.19. The maximum absolute atomic E-state index is 5.93. The summed E-state index contributed by atoms with van der Waals surface area (Å²) in [7, 11) is 0. The quantitative estimate of drug-likeness (QED) is 0.275. The van der Waals surface area contributed by atoms with Crippen LogP contribution in [0.5, 0.6) is 0 Å². The molecule has 0 aliphatic rings. The minimum absolute atomic E-state index is 0.199. The molecule has 124 valence electrons. The van der Waals surface area contributed by atoms with E-state index < -0.39 is 0 Å². The highest BCUT2D eigenvalue weighted by Crippen LogP contribution is 2.14. The van der Waals surface area contributed by atoms with Crippen molar-refractivity contribution in [2.24, 2.45) is 0 Å². The lowest BCUT2D eigenvalue weighted by molar-refractivity contribution is 0.0649. The Morgan fingerprint density at radius 3 is 2.09 bits per heavy atom. The van der Waals surface area contributed by atoms with Gasteiger partial charge in [-0.05, 0) is 12.0 Å². The molecule has 0 heterocycles. The summed E-state index contributed by atoms with van der Waals surface area (Å²) in [6.45, 7) is 6.87. The lowest BCUT2D eigenvalue weighted by Crippen LogP contribution is -2.09. The highest BCUT2D eigenvalue weighted by Gasteiger charge is 2.04. The molecule has 0 fully saturated rings. The topological polar surface area (TPSA) is 9.23 Å². The van der Waals surface area contributed by atoms with Crippen molar-refractivity contribution in [2.75, 3.05) is 0 Å². The average Bonchev–Trinajstić information content (AvgIpc) is 2.57. The zero-order chi connectivity index (χ0) is 15.9. The smallest absolute Gasteiger partial charge is 0.0757 e. The van der Waals surface area contributed by atoms with Gasteiger partial charge in [0.15, 0.2) is 0 Å². The van der Waals surface area contributed by atoms with Crippen LogP contribution in [0.4, 0.5) is 0 Å². The second kappa shape index (κ2) is 13.6. The summed E-state index contributed by atoms with van der Waals surface area (Å²) in [6.07, 6.45) is 15.6.